The van der Waals surface area contributed by atoms with Crippen LogP contribution in [0.5, 0.6) is 0 Å². The molecule has 2 aliphatic heterocycles. The molecule has 0 aliphatic carbocycles. The minimum atomic E-state index is -0.951. The summed E-state index contributed by atoms with van der Waals surface area (Å²) < 4.78 is 27.4. The molecule has 2 heterocycles. The minimum absolute atomic E-state index is 0.222. The lowest BCUT2D eigenvalue weighted by Crippen LogP contribution is -2.52. The summed E-state index contributed by atoms with van der Waals surface area (Å²) >= 11 is 0. The van der Waals surface area contributed by atoms with Gasteiger partial charge in [-0.2, -0.15) is 0 Å². The second-order valence-electron chi connectivity index (χ2n) is 8.17. The first-order valence-electron chi connectivity index (χ1n) is 10.8. The summed E-state index contributed by atoms with van der Waals surface area (Å²) in [5, 5.41) is 2.89. The van der Waals surface area contributed by atoms with Crippen molar-refractivity contribution >= 4 is 17.7 Å². The maximum atomic E-state index is 14.1. The van der Waals surface area contributed by atoms with Crippen LogP contribution in [0.2, 0.25) is 0 Å². The predicted octanol–water partition coefficient (Wildman–Crippen LogP) is 2.88. The molecule has 6 nitrogen and oxygen atoms in total. The molecule has 1 N–H and O–H groups in total. The van der Waals surface area contributed by atoms with Gasteiger partial charge in [0.1, 0.15) is 23.7 Å². The largest absolute Gasteiger partial charge is 0.350 e. The third kappa shape index (κ3) is 4.49. The topological polar surface area (TPSA) is 69.7 Å². The van der Waals surface area contributed by atoms with Crippen molar-refractivity contribution in [2.75, 3.05) is 13.1 Å². The number of carbonyl (C=O) groups excluding carboxylic acids is 3. The Hall–Kier alpha value is -3.29. The van der Waals surface area contributed by atoms with Gasteiger partial charge in [-0.3, -0.25) is 14.4 Å². The highest BCUT2D eigenvalue weighted by atomic mass is 19.1. The van der Waals surface area contributed by atoms with Crippen LogP contribution in [0.4, 0.5) is 8.78 Å². The van der Waals surface area contributed by atoms with E-state index in [0.717, 1.165) is 17.7 Å². The van der Waals surface area contributed by atoms with Gasteiger partial charge in [-0.15, -0.1) is 0 Å². The number of benzene rings is 2. The summed E-state index contributed by atoms with van der Waals surface area (Å²) in [7, 11) is 0. The smallest absolute Gasteiger partial charge is 0.257 e. The molecule has 0 radical (unpaired) electrons. The Morgan fingerprint density at radius 3 is 2.31 bits per heavy atom. The van der Waals surface area contributed by atoms with E-state index in [1.54, 1.807) is 0 Å². The van der Waals surface area contributed by atoms with Gasteiger partial charge < -0.3 is 15.1 Å². The number of nitrogens with one attached hydrogen (secondary N) is 1. The monoisotopic (exact) mass is 441 g/mol. The Bertz CT molecular complexity index is 1010. The van der Waals surface area contributed by atoms with Gasteiger partial charge in [0.25, 0.3) is 5.91 Å². The molecule has 2 aromatic rings. The predicted molar refractivity (Wildman–Crippen MR) is 113 cm³/mol. The number of halogens is 2. The van der Waals surface area contributed by atoms with Crippen LogP contribution in [-0.2, 0) is 16.1 Å². The number of likely N-dealkylation sites (tertiary alicyclic amines) is 2. The third-order valence-electron chi connectivity index (χ3n) is 6.11. The van der Waals surface area contributed by atoms with Crippen molar-refractivity contribution in [3.63, 3.8) is 0 Å². The molecule has 0 bridgehead atoms. The first-order valence-corrected chi connectivity index (χ1v) is 10.8. The fourth-order valence-corrected chi connectivity index (χ4v) is 4.48. The van der Waals surface area contributed by atoms with Crippen molar-refractivity contribution in [1.29, 1.82) is 0 Å². The molecule has 2 aromatic carbocycles. The minimum Gasteiger partial charge on any atom is -0.350 e. The zero-order valence-electron chi connectivity index (χ0n) is 17.6. The third-order valence-corrected chi connectivity index (χ3v) is 6.11. The summed E-state index contributed by atoms with van der Waals surface area (Å²) in [4.78, 5) is 41.9. The lowest BCUT2D eigenvalue weighted by molar-refractivity contribution is -0.141. The molecule has 32 heavy (non-hydrogen) atoms. The first kappa shape index (κ1) is 21.9. The fraction of sp³-hybridized carbons (Fsp3) is 0.375. The second kappa shape index (κ2) is 9.46. The van der Waals surface area contributed by atoms with Gasteiger partial charge in [0, 0.05) is 25.7 Å². The molecule has 0 aromatic heterocycles. The zero-order valence-corrected chi connectivity index (χ0v) is 17.6. The van der Waals surface area contributed by atoms with E-state index in [0.29, 0.717) is 51.4 Å². The van der Waals surface area contributed by atoms with Crippen LogP contribution < -0.4 is 5.32 Å². The SMILES string of the molecule is O=C(NCc1ccccc1)[C@H]1CCCN1C(=O)[C@H]1CCCN1C(=O)c1ccc(F)cc1F. The van der Waals surface area contributed by atoms with E-state index in [2.05, 4.69) is 5.32 Å². The van der Waals surface area contributed by atoms with Gasteiger partial charge >= 0.3 is 0 Å². The molecule has 3 amide bonds. The van der Waals surface area contributed by atoms with Crippen molar-refractivity contribution < 1.29 is 23.2 Å². The molecule has 0 saturated carbocycles. The van der Waals surface area contributed by atoms with E-state index in [4.69, 9.17) is 0 Å². The van der Waals surface area contributed by atoms with Crippen molar-refractivity contribution in [3.05, 3.63) is 71.3 Å². The Labute approximate surface area is 185 Å². The van der Waals surface area contributed by atoms with Crippen LogP contribution in [0.1, 0.15) is 41.6 Å². The number of nitrogens with zero attached hydrogens (tertiary/aromatic N) is 2. The molecule has 4 rings (SSSR count). The summed E-state index contributed by atoms with van der Waals surface area (Å²) in [6.45, 7) is 1.12. The average molecular weight is 441 g/mol. The normalized spacial score (nSPS) is 20.4. The standard InChI is InChI=1S/C24H25F2N3O3/c25-17-10-11-18(19(26)14-17)23(31)29-13-5-9-21(29)24(32)28-12-4-8-20(28)22(30)27-15-16-6-2-1-3-7-16/h1-3,6-7,10-11,14,20-21H,4-5,8-9,12-13,15H2,(H,27,30)/t20-,21-/m1/s1. The Kier molecular flexibility index (Phi) is 6.48. The summed E-state index contributed by atoms with van der Waals surface area (Å²) in [5.74, 6) is -2.87. The molecular weight excluding hydrogens is 416 g/mol. The van der Waals surface area contributed by atoms with E-state index in [1.807, 2.05) is 30.3 Å². The average Bonchev–Trinajstić information content (AvgIpc) is 3.47. The highest BCUT2D eigenvalue weighted by molar-refractivity contribution is 5.99. The molecule has 8 heteroatoms. The number of carbonyl (C=O) groups is 3. The number of rotatable bonds is 5. The van der Waals surface area contributed by atoms with Crippen LogP contribution in [0.15, 0.2) is 48.5 Å². The van der Waals surface area contributed by atoms with E-state index in [-0.39, 0.29) is 17.4 Å². The highest BCUT2D eigenvalue weighted by Gasteiger charge is 2.42. The number of amides is 3. The van der Waals surface area contributed by atoms with Gasteiger partial charge in [0.2, 0.25) is 11.8 Å². The van der Waals surface area contributed by atoms with Crippen molar-refractivity contribution in [1.82, 2.24) is 15.1 Å². The van der Waals surface area contributed by atoms with E-state index >= 15 is 0 Å². The van der Waals surface area contributed by atoms with Crippen LogP contribution in [-0.4, -0.2) is 52.7 Å². The Balaban J connectivity index is 1.44. The van der Waals surface area contributed by atoms with Crippen molar-refractivity contribution in [3.8, 4) is 0 Å². The van der Waals surface area contributed by atoms with E-state index < -0.39 is 29.6 Å². The quantitative estimate of drug-likeness (QED) is 0.776. The summed E-state index contributed by atoms with van der Waals surface area (Å²) in [6.07, 6.45) is 2.30. The van der Waals surface area contributed by atoms with Crippen molar-refractivity contribution in [2.45, 2.75) is 44.3 Å². The molecule has 0 unspecified atom stereocenters. The van der Waals surface area contributed by atoms with Gasteiger partial charge in [0.15, 0.2) is 0 Å². The first-order chi connectivity index (χ1) is 15.5. The molecule has 2 aliphatic rings. The second-order valence-corrected chi connectivity index (χ2v) is 8.17. The van der Waals surface area contributed by atoms with Gasteiger partial charge in [-0.1, -0.05) is 30.3 Å². The Morgan fingerprint density at radius 1 is 0.906 bits per heavy atom. The summed E-state index contributed by atoms with van der Waals surface area (Å²) in [5.41, 5.74) is 0.704. The highest BCUT2D eigenvalue weighted by Crippen LogP contribution is 2.27. The maximum absolute atomic E-state index is 14.1. The van der Waals surface area contributed by atoms with Crippen molar-refractivity contribution in [2.24, 2.45) is 0 Å². The lowest BCUT2D eigenvalue weighted by atomic mass is 10.1. The molecule has 2 fully saturated rings. The van der Waals surface area contributed by atoms with Crippen LogP contribution in [0, 0.1) is 11.6 Å². The lowest BCUT2D eigenvalue weighted by Gasteiger charge is -2.31. The molecule has 0 spiro atoms. The van der Waals surface area contributed by atoms with E-state index in [9.17, 15) is 23.2 Å². The summed E-state index contributed by atoms with van der Waals surface area (Å²) in [6, 6.07) is 10.9. The van der Waals surface area contributed by atoms with Gasteiger partial charge in [-0.25, -0.2) is 8.78 Å². The van der Waals surface area contributed by atoms with Crippen LogP contribution in [0.3, 0.4) is 0 Å². The maximum Gasteiger partial charge on any atom is 0.257 e. The Morgan fingerprint density at radius 2 is 1.59 bits per heavy atom. The number of hydrogen-bond donors (Lipinski definition) is 1. The van der Waals surface area contributed by atoms with Crippen LogP contribution >= 0.6 is 0 Å². The molecule has 2 saturated heterocycles. The van der Waals surface area contributed by atoms with Gasteiger partial charge in [0.05, 0.1) is 5.56 Å². The molecular formula is C24H25F2N3O3. The van der Waals surface area contributed by atoms with Crippen LogP contribution in [0.25, 0.3) is 0 Å². The number of hydrogen-bond acceptors (Lipinski definition) is 3. The molecule has 2 atom stereocenters. The van der Waals surface area contributed by atoms with Gasteiger partial charge in [-0.05, 0) is 43.4 Å². The van der Waals surface area contributed by atoms with E-state index in [1.165, 1.54) is 9.80 Å². The molecule has 168 valence electrons. The zero-order chi connectivity index (χ0) is 22.7. The fourth-order valence-electron chi connectivity index (χ4n) is 4.48.